The molecule has 0 saturated heterocycles. The first-order valence-corrected chi connectivity index (χ1v) is 6.87. The zero-order valence-electron chi connectivity index (χ0n) is 10.6. The topological polar surface area (TPSA) is 0 Å². The van der Waals surface area contributed by atoms with Crippen LogP contribution in [0.2, 0.25) is 0 Å². The lowest BCUT2D eigenvalue weighted by molar-refractivity contribution is 0.152. The van der Waals surface area contributed by atoms with Crippen molar-refractivity contribution >= 4 is 0 Å². The van der Waals surface area contributed by atoms with E-state index in [9.17, 15) is 0 Å². The molecule has 86 valence electrons. The van der Waals surface area contributed by atoms with Gasteiger partial charge in [0.2, 0.25) is 0 Å². The van der Waals surface area contributed by atoms with Crippen LogP contribution in [0.5, 0.6) is 0 Å². The average molecular weight is 206 g/mol. The second-order valence-corrected chi connectivity index (χ2v) is 6.10. The highest BCUT2D eigenvalue weighted by Crippen LogP contribution is 2.47. The normalized spacial score (nSPS) is 38.8. The zero-order valence-corrected chi connectivity index (χ0v) is 10.6. The van der Waals surface area contributed by atoms with Crippen LogP contribution < -0.4 is 0 Å². The van der Waals surface area contributed by atoms with Crippen molar-refractivity contribution in [1.29, 1.82) is 0 Å². The monoisotopic (exact) mass is 206 g/mol. The van der Waals surface area contributed by atoms with Gasteiger partial charge in [0.05, 0.1) is 0 Å². The molecule has 0 aromatic rings. The van der Waals surface area contributed by atoms with Crippen LogP contribution in [0, 0.1) is 36.0 Å². The SMILES string of the molecule is CC(C)[C@H]1C[C@H](C)CC[C@H]1[C]1[CH]CCC1. The Balaban J connectivity index is 2.00. The summed E-state index contributed by atoms with van der Waals surface area (Å²) in [5.74, 6) is 5.58. The maximum Gasteiger partial charge on any atom is -0.0173 e. The van der Waals surface area contributed by atoms with Crippen molar-refractivity contribution in [1.82, 2.24) is 0 Å². The van der Waals surface area contributed by atoms with E-state index in [1.54, 1.807) is 0 Å². The smallest absolute Gasteiger partial charge is 0.0173 e. The van der Waals surface area contributed by atoms with E-state index in [2.05, 4.69) is 27.2 Å². The van der Waals surface area contributed by atoms with E-state index in [-0.39, 0.29) is 0 Å². The second kappa shape index (κ2) is 4.89. The van der Waals surface area contributed by atoms with E-state index in [0.717, 1.165) is 23.7 Å². The molecule has 0 heteroatoms. The van der Waals surface area contributed by atoms with Crippen LogP contribution in [-0.2, 0) is 0 Å². The van der Waals surface area contributed by atoms with Crippen molar-refractivity contribution in [3.63, 3.8) is 0 Å². The molecule has 0 N–H and O–H groups in total. The van der Waals surface area contributed by atoms with Gasteiger partial charge < -0.3 is 0 Å². The molecule has 2 rings (SSSR count). The fourth-order valence-corrected chi connectivity index (χ4v) is 3.65. The standard InChI is InChI=1S/C15H26/c1-11(2)15-10-12(3)8-9-14(15)13-6-4-5-7-13/h6,11-12,14-15H,4-5,7-10H2,1-3H3/t12-,14+,15-/m1/s1. The third kappa shape index (κ3) is 2.57. The van der Waals surface area contributed by atoms with Crippen molar-refractivity contribution in [2.24, 2.45) is 23.7 Å². The Morgan fingerprint density at radius 1 is 1.27 bits per heavy atom. The molecule has 0 spiro atoms. The van der Waals surface area contributed by atoms with E-state index in [0.29, 0.717) is 0 Å². The summed E-state index contributed by atoms with van der Waals surface area (Å²) in [6, 6.07) is 0. The summed E-state index contributed by atoms with van der Waals surface area (Å²) in [4.78, 5) is 0. The van der Waals surface area contributed by atoms with E-state index in [1.165, 1.54) is 38.5 Å². The minimum absolute atomic E-state index is 0.874. The molecule has 0 unspecified atom stereocenters. The maximum atomic E-state index is 2.55. The van der Waals surface area contributed by atoms with Crippen molar-refractivity contribution in [2.45, 2.75) is 59.3 Å². The first kappa shape index (κ1) is 11.5. The van der Waals surface area contributed by atoms with Crippen LogP contribution in [0.25, 0.3) is 0 Å². The summed E-state index contributed by atoms with van der Waals surface area (Å²) in [6.07, 6.45) is 11.1. The van der Waals surface area contributed by atoms with Gasteiger partial charge in [-0.3, -0.25) is 0 Å². The van der Waals surface area contributed by atoms with Crippen molar-refractivity contribution in [2.75, 3.05) is 0 Å². The second-order valence-electron chi connectivity index (χ2n) is 6.10. The summed E-state index contributed by atoms with van der Waals surface area (Å²) in [6.45, 7) is 7.28. The molecule has 2 fully saturated rings. The van der Waals surface area contributed by atoms with Crippen LogP contribution >= 0.6 is 0 Å². The minimum Gasteiger partial charge on any atom is -0.0625 e. The van der Waals surface area contributed by atoms with Crippen LogP contribution in [0.15, 0.2) is 0 Å². The summed E-state index contributed by atoms with van der Waals surface area (Å²) in [5, 5.41) is 0. The Morgan fingerprint density at radius 2 is 2.07 bits per heavy atom. The molecule has 15 heavy (non-hydrogen) atoms. The highest BCUT2D eigenvalue weighted by Gasteiger charge is 2.36. The molecule has 0 aliphatic heterocycles. The van der Waals surface area contributed by atoms with Gasteiger partial charge in [0.15, 0.2) is 0 Å². The molecule has 2 aliphatic carbocycles. The van der Waals surface area contributed by atoms with E-state index in [1.807, 2.05) is 5.92 Å². The largest absolute Gasteiger partial charge is 0.0625 e. The van der Waals surface area contributed by atoms with Gasteiger partial charge in [-0.1, -0.05) is 33.6 Å². The van der Waals surface area contributed by atoms with Gasteiger partial charge in [0, 0.05) is 0 Å². The van der Waals surface area contributed by atoms with Crippen LogP contribution in [0.4, 0.5) is 0 Å². The predicted molar refractivity (Wildman–Crippen MR) is 66.2 cm³/mol. The van der Waals surface area contributed by atoms with E-state index in [4.69, 9.17) is 0 Å². The van der Waals surface area contributed by atoms with Crippen LogP contribution in [0.3, 0.4) is 0 Å². The average Bonchev–Trinajstić information content (AvgIpc) is 2.70. The summed E-state index contributed by atoms with van der Waals surface area (Å²) >= 11 is 0. The van der Waals surface area contributed by atoms with Crippen molar-refractivity contribution in [3.8, 4) is 0 Å². The Labute approximate surface area is 95.8 Å². The molecule has 0 aromatic heterocycles. The Morgan fingerprint density at radius 3 is 2.67 bits per heavy atom. The fourth-order valence-electron chi connectivity index (χ4n) is 3.65. The molecule has 2 aliphatic rings. The number of rotatable bonds is 2. The molecular formula is C15H26. The van der Waals surface area contributed by atoms with Gasteiger partial charge in [0.25, 0.3) is 0 Å². The quantitative estimate of drug-likeness (QED) is 0.616. The van der Waals surface area contributed by atoms with Crippen molar-refractivity contribution in [3.05, 3.63) is 12.3 Å². The summed E-state index contributed by atoms with van der Waals surface area (Å²) in [5.41, 5.74) is 0. The summed E-state index contributed by atoms with van der Waals surface area (Å²) < 4.78 is 0. The Bertz CT molecular complexity index is 188. The van der Waals surface area contributed by atoms with Crippen LogP contribution in [-0.4, -0.2) is 0 Å². The Kier molecular flexibility index (Phi) is 3.74. The van der Waals surface area contributed by atoms with Gasteiger partial charge in [-0.15, -0.1) is 0 Å². The molecule has 0 amide bonds. The number of hydrogen-bond donors (Lipinski definition) is 0. The molecule has 0 bridgehead atoms. The first-order chi connectivity index (χ1) is 7.18. The third-order valence-corrected chi connectivity index (χ3v) is 4.57. The molecule has 0 heterocycles. The third-order valence-electron chi connectivity index (χ3n) is 4.57. The maximum absolute atomic E-state index is 2.55. The van der Waals surface area contributed by atoms with Crippen LogP contribution in [0.1, 0.15) is 59.3 Å². The van der Waals surface area contributed by atoms with Gasteiger partial charge in [-0.25, -0.2) is 0 Å². The van der Waals surface area contributed by atoms with Gasteiger partial charge in [-0.2, -0.15) is 0 Å². The van der Waals surface area contributed by atoms with Crippen molar-refractivity contribution < 1.29 is 0 Å². The highest BCUT2D eigenvalue weighted by atomic mass is 14.4. The molecule has 2 radical (unpaired) electrons. The highest BCUT2D eigenvalue weighted by molar-refractivity contribution is 5.14. The Hall–Kier alpha value is 0. The van der Waals surface area contributed by atoms with E-state index >= 15 is 0 Å². The van der Waals surface area contributed by atoms with Gasteiger partial charge >= 0.3 is 0 Å². The fraction of sp³-hybridized carbons (Fsp3) is 0.867. The summed E-state index contributed by atoms with van der Waals surface area (Å²) in [7, 11) is 0. The van der Waals surface area contributed by atoms with Gasteiger partial charge in [-0.05, 0) is 61.7 Å². The molecule has 2 saturated carbocycles. The number of hydrogen-bond acceptors (Lipinski definition) is 0. The molecule has 3 atom stereocenters. The lowest BCUT2D eigenvalue weighted by Crippen LogP contribution is -2.31. The molecule has 0 nitrogen and oxygen atoms in total. The zero-order chi connectivity index (χ0) is 10.8. The predicted octanol–water partition coefficient (Wildman–Crippen LogP) is 4.66. The van der Waals surface area contributed by atoms with E-state index < -0.39 is 0 Å². The van der Waals surface area contributed by atoms with Gasteiger partial charge in [0.1, 0.15) is 0 Å². The lowest BCUT2D eigenvalue weighted by Gasteiger charge is -2.40. The molecular weight excluding hydrogens is 180 g/mol. The lowest BCUT2D eigenvalue weighted by atomic mass is 9.65. The molecule has 0 aromatic carbocycles. The minimum atomic E-state index is 0.874. The first-order valence-electron chi connectivity index (χ1n) is 6.87.